The van der Waals surface area contributed by atoms with Crippen LogP contribution >= 0.6 is 11.6 Å². The molecule has 0 aliphatic carbocycles. The molecule has 5 heteroatoms. The van der Waals surface area contributed by atoms with E-state index in [1.54, 1.807) is 6.20 Å². The Morgan fingerprint density at radius 2 is 2.00 bits per heavy atom. The minimum absolute atomic E-state index is 0.295. The van der Waals surface area contributed by atoms with Crippen LogP contribution < -0.4 is 5.32 Å². The Morgan fingerprint density at radius 1 is 1.29 bits per heavy atom. The summed E-state index contributed by atoms with van der Waals surface area (Å²) in [6.07, 6.45) is 9.39. The Balaban J connectivity index is 2.59. The second kappa shape index (κ2) is 10.2. The van der Waals surface area contributed by atoms with Crippen molar-refractivity contribution in [2.75, 3.05) is 27.7 Å². The third-order valence-electron chi connectivity index (χ3n) is 3.87. The molecule has 1 aromatic heterocycles. The van der Waals surface area contributed by atoms with E-state index < -0.39 is 0 Å². The molecule has 1 aromatic rings. The van der Waals surface area contributed by atoms with Crippen LogP contribution in [0.1, 0.15) is 57.2 Å². The number of hydrogen-bond acceptors (Lipinski definition) is 3. The molecule has 0 bridgehead atoms. The zero-order chi connectivity index (χ0) is 15.7. The molecule has 21 heavy (non-hydrogen) atoms. The highest BCUT2D eigenvalue weighted by molar-refractivity contribution is 6.31. The van der Waals surface area contributed by atoms with Crippen LogP contribution in [0, 0.1) is 0 Å². The van der Waals surface area contributed by atoms with E-state index in [9.17, 15) is 0 Å². The van der Waals surface area contributed by atoms with E-state index in [0.717, 1.165) is 30.2 Å². The summed E-state index contributed by atoms with van der Waals surface area (Å²) in [4.78, 5) is 2.17. The number of halogens is 1. The highest BCUT2D eigenvalue weighted by Crippen LogP contribution is 2.26. The van der Waals surface area contributed by atoms with Gasteiger partial charge in [0.15, 0.2) is 0 Å². The Kier molecular flexibility index (Phi) is 8.97. The van der Waals surface area contributed by atoms with Crippen LogP contribution in [0.25, 0.3) is 0 Å². The van der Waals surface area contributed by atoms with Crippen molar-refractivity contribution in [3.63, 3.8) is 0 Å². The van der Waals surface area contributed by atoms with Gasteiger partial charge in [0.1, 0.15) is 0 Å². The lowest BCUT2D eigenvalue weighted by Crippen LogP contribution is -2.24. The first-order chi connectivity index (χ1) is 10.1. The quantitative estimate of drug-likeness (QED) is 0.632. The zero-order valence-electron chi connectivity index (χ0n) is 14.0. The molecule has 1 heterocycles. The molecule has 0 aliphatic rings. The predicted octanol–water partition coefficient (Wildman–Crippen LogP) is 3.72. The van der Waals surface area contributed by atoms with E-state index in [1.807, 2.05) is 7.05 Å². The maximum Gasteiger partial charge on any atom is 0.0834 e. The molecule has 1 N–H and O–H groups in total. The molecule has 0 radical (unpaired) electrons. The second-order valence-corrected chi connectivity index (χ2v) is 6.36. The van der Waals surface area contributed by atoms with E-state index in [4.69, 9.17) is 11.6 Å². The summed E-state index contributed by atoms with van der Waals surface area (Å²) in [6, 6.07) is 0.295. The maximum atomic E-state index is 6.36. The SMILES string of the molecule is CCCCCCCC(NC)c1c(Cl)cnn1CCN(C)C. The van der Waals surface area contributed by atoms with Gasteiger partial charge in [-0.1, -0.05) is 50.6 Å². The number of likely N-dealkylation sites (N-methyl/N-ethyl adjacent to an activating group) is 1. The Morgan fingerprint density at radius 3 is 2.62 bits per heavy atom. The summed E-state index contributed by atoms with van der Waals surface area (Å²) >= 11 is 6.36. The van der Waals surface area contributed by atoms with Crippen molar-refractivity contribution in [1.82, 2.24) is 20.0 Å². The third kappa shape index (κ3) is 6.37. The van der Waals surface area contributed by atoms with Gasteiger partial charge in [0, 0.05) is 6.54 Å². The smallest absolute Gasteiger partial charge is 0.0834 e. The van der Waals surface area contributed by atoms with Crippen LogP contribution in [-0.4, -0.2) is 42.4 Å². The topological polar surface area (TPSA) is 33.1 Å². The number of nitrogens with zero attached hydrogens (tertiary/aromatic N) is 3. The molecule has 122 valence electrons. The summed E-state index contributed by atoms with van der Waals surface area (Å²) in [6.45, 7) is 4.10. The second-order valence-electron chi connectivity index (χ2n) is 5.95. The van der Waals surface area contributed by atoms with Crippen LogP contribution in [0.2, 0.25) is 5.02 Å². The molecule has 0 aliphatic heterocycles. The fourth-order valence-electron chi connectivity index (χ4n) is 2.56. The first-order valence-electron chi connectivity index (χ1n) is 8.13. The van der Waals surface area contributed by atoms with Gasteiger partial charge < -0.3 is 10.2 Å². The van der Waals surface area contributed by atoms with Gasteiger partial charge in [0.25, 0.3) is 0 Å². The van der Waals surface area contributed by atoms with Gasteiger partial charge in [-0.2, -0.15) is 5.10 Å². The zero-order valence-corrected chi connectivity index (χ0v) is 14.8. The lowest BCUT2D eigenvalue weighted by Gasteiger charge is -2.19. The molecular weight excluding hydrogens is 284 g/mol. The maximum absolute atomic E-state index is 6.36. The number of unbranched alkanes of at least 4 members (excludes halogenated alkanes) is 4. The molecule has 0 saturated carbocycles. The lowest BCUT2D eigenvalue weighted by molar-refractivity contribution is 0.360. The number of aromatic nitrogens is 2. The summed E-state index contributed by atoms with van der Waals surface area (Å²) < 4.78 is 2.05. The van der Waals surface area contributed by atoms with Gasteiger partial charge in [0.05, 0.1) is 29.5 Å². The fraction of sp³-hybridized carbons (Fsp3) is 0.812. The van der Waals surface area contributed by atoms with Gasteiger partial charge in [-0.3, -0.25) is 4.68 Å². The highest BCUT2D eigenvalue weighted by atomic mass is 35.5. The van der Waals surface area contributed by atoms with Crippen LogP contribution in [0.4, 0.5) is 0 Å². The van der Waals surface area contributed by atoms with E-state index in [2.05, 4.69) is 41.0 Å². The van der Waals surface area contributed by atoms with Crippen molar-refractivity contribution in [3.8, 4) is 0 Å². The standard InChI is InChI=1S/C16H31ClN4/c1-5-6-7-8-9-10-15(18-2)16-14(17)13-19-21(16)12-11-20(3)4/h13,15,18H,5-12H2,1-4H3. The molecule has 4 nitrogen and oxygen atoms in total. The molecule has 0 saturated heterocycles. The first-order valence-corrected chi connectivity index (χ1v) is 8.51. The monoisotopic (exact) mass is 314 g/mol. The minimum atomic E-state index is 0.295. The van der Waals surface area contributed by atoms with Crippen molar-refractivity contribution < 1.29 is 0 Å². The first kappa shape index (κ1) is 18.5. The van der Waals surface area contributed by atoms with Gasteiger partial charge >= 0.3 is 0 Å². The van der Waals surface area contributed by atoms with Crippen LogP contribution in [0.3, 0.4) is 0 Å². The molecule has 0 spiro atoms. The number of hydrogen-bond donors (Lipinski definition) is 1. The molecule has 0 amide bonds. The number of rotatable bonds is 11. The van der Waals surface area contributed by atoms with Crippen molar-refractivity contribution in [2.45, 2.75) is 58.0 Å². The average molecular weight is 315 g/mol. The summed E-state index contributed by atoms with van der Waals surface area (Å²) in [7, 11) is 6.17. The minimum Gasteiger partial charge on any atom is -0.312 e. The summed E-state index contributed by atoms with van der Waals surface area (Å²) in [5, 5.41) is 8.62. The predicted molar refractivity (Wildman–Crippen MR) is 91.0 cm³/mol. The van der Waals surface area contributed by atoms with Crippen molar-refractivity contribution in [1.29, 1.82) is 0 Å². The number of nitrogens with one attached hydrogen (secondary N) is 1. The fourth-order valence-corrected chi connectivity index (χ4v) is 2.83. The Labute approximate surface area is 134 Å². The highest BCUT2D eigenvalue weighted by Gasteiger charge is 2.18. The van der Waals surface area contributed by atoms with Crippen molar-refractivity contribution >= 4 is 11.6 Å². The van der Waals surface area contributed by atoms with Gasteiger partial charge in [-0.25, -0.2) is 0 Å². The van der Waals surface area contributed by atoms with Gasteiger partial charge in [-0.15, -0.1) is 0 Å². The molecule has 0 fully saturated rings. The lowest BCUT2D eigenvalue weighted by atomic mass is 10.0. The van der Waals surface area contributed by atoms with Crippen molar-refractivity contribution in [2.24, 2.45) is 0 Å². The van der Waals surface area contributed by atoms with Crippen LogP contribution in [0.15, 0.2) is 6.20 Å². The van der Waals surface area contributed by atoms with Gasteiger partial charge in [0.2, 0.25) is 0 Å². The summed E-state index contributed by atoms with van der Waals surface area (Å²) in [5.74, 6) is 0. The van der Waals surface area contributed by atoms with Gasteiger partial charge in [-0.05, 0) is 27.6 Å². The molecule has 1 unspecified atom stereocenters. The van der Waals surface area contributed by atoms with E-state index >= 15 is 0 Å². The largest absolute Gasteiger partial charge is 0.312 e. The summed E-state index contributed by atoms with van der Waals surface area (Å²) in [5.41, 5.74) is 1.14. The van der Waals surface area contributed by atoms with E-state index in [-0.39, 0.29) is 0 Å². The van der Waals surface area contributed by atoms with E-state index in [0.29, 0.717) is 6.04 Å². The molecule has 0 aromatic carbocycles. The molecule has 1 rings (SSSR count). The van der Waals surface area contributed by atoms with Crippen molar-refractivity contribution in [3.05, 3.63) is 16.9 Å². The molecular formula is C16H31ClN4. The Hall–Kier alpha value is -0.580. The normalized spacial score (nSPS) is 13.0. The Bertz CT molecular complexity index is 390. The average Bonchev–Trinajstić information content (AvgIpc) is 2.82. The van der Waals surface area contributed by atoms with Crippen LogP contribution in [-0.2, 0) is 6.54 Å². The third-order valence-corrected chi connectivity index (χ3v) is 4.16. The van der Waals surface area contributed by atoms with E-state index in [1.165, 1.54) is 32.1 Å². The van der Waals surface area contributed by atoms with Crippen LogP contribution in [0.5, 0.6) is 0 Å². The molecule has 1 atom stereocenters.